The van der Waals surface area contributed by atoms with Gasteiger partial charge in [-0.15, -0.1) is 0 Å². The topological polar surface area (TPSA) is 90.0 Å². The Kier molecular flexibility index (Phi) is 6.13. The monoisotopic (exact) mass is 491 g/mol. The predicted octanol–water partition coefficient (Wildman–Crippen LogP) is 3.59. The smallest absolute Gasteiger partial charge is 0.253 e. The van der Waals surface area contributed by atoms with Crippen molar-refractivity contribution in [2.45, 2.75) is 23.4 Å². The summed E-state index contributed by atoms with van der Waals surface area (Å²) in [6.45, 7) is 0.332. The Morgan fingerprint density at radius 3 is 2.37 bits per heavy atom. The van der Waals surface area contributed by atoms with E-state index in [1.165, 1.54) is 0 Å². The Morgan fingerprint density at radius 2 is 1.71 bits per heavy atom. The maximum Gasteiger partial charge on any atom is 0.253 e. The average molecular weight is 492 g/mol. The van der Waals surface area contributed by atoms with Gasteiger partial charge < -0.3 is 15.3 Å². The van der Waals surface area contributed by atoms with Gasteiger partial charge in [0.05, 0.1) is 23.6 Å². The third-order valence-corrected chi connectivity index (χ3v) is 8.94. The number of aliphatic hydroxyl groups excluding tert-OH is 1. The van der Waals surface area contributed by atoms with Crippen molar-refractivity contribution in [3.05, 3.63) is 83.9 Å². The van der Waals surface area contributed by atoms with E-state index in [0.717, 1.165) is 22.4 Å². The first-order chi connectivity index (χ1) is 16.8. The molecule has 0 aromatic heterocycles. The van der Waals surface area contributed by atoms with Crippen molar-refractivity contribution in [2.24, 2.45) is 5.92 Å². The Hall–Kier alpha value is -3.20. The average Bonchev–Trinajstić information content (AvgIpc) is 3.35. The highest BCUT2D eigenvalue weighted by Crippen LogP contribution is 2.49. The number of fused-ring (bicyclic) bond motifs is 3. The predicted molar refractivity (Wildman–Crippen MR) is 136 cm³/mol. The van der Waals surface area contributed by atoms with Crippen LogP contribution in [0.4, 0.5) is 5.69 Å². The van der Waals surface area contributed by atoms with Crippen molar-refractivity contribution in [2.75, 3.05) is 32.6 Å². The molecule has 0 aliphatic carbocycles. The number of nitrogens with one attached hydrogen (secondary N) is 1. The van der Waals surface area contributed by atoms with Crippen molar-refractivity contribution >= 4 is 21.6 Å². The van der Waals surface area contributed by atoms with Crippen LogP contribution in [0.1, 0.15) is 28.4 Å². The molecule has 35 heavy (non-hydrogen) atoms. The maximum atomic E-state index is 13.6. The van der Waals surface area contributed by atoms with Crippen molar-refractivity contribution < 1.29 is 18.3 Å². The van der Waals surface area contributed by atoms with Crippen molar-refractivity contribution in [3.63, 3.8) is 0 Å². The summed E-state index contributed by atoms with van der Waals surface area (Å²) in [5.74, 6) is -0.0990. The van der Waals surface area contributed by atoms with Gasteiger partial charge in [0.25, 0.3) is 5.91 Å². The molecule has 5 rings (SSSR count). The van der Waals surface area contributed by atoms with E-state index in [4.69, 9.17) is 0 Å². The van der Waals surface area contributed by atoms with Crippen LogP contribution in [0.3, 0.4) is 0 Å². The van der Waals surface area contributed by atoms with Crippen LogP contribution in [0.2, 0.25) is 0 Å². The van der Waals surface area contributed by atoms with Gasteiger partial charge in [0.15, 0.2) is 0 Å². The van der Waals surface area contributed by atoms with E-state index in [2.05, 4.69) is 5.32 Å². The molecule has 0 spiro atoms. The summed E-state index contributed by atoms with van der Waals surface area (Å²) in [4.78, 5) is 14.1. The molecular weight excluding hydrogens is 462 g/mol. The van der Waals surface area contributed by atoms with Crippen LogP contribution in [0.5, 0.6) is 0 Å². The lowest BCUT2D eigenvalue weighted by molar-refractivity contribution is 0.0827. The van der Waals surface area contributed by atoms with Gasteiger partial charge in [-0.3, -0.25) is 4.79 Å². The molecule has 8 heteroatoms. The quantitative estimate of drug-likeness (QED) is 0.569. The standard InChI is InChI=1S/C27H29N3O4S/c1-29(2)27(32)19-10-8-18(9-11-19)20-12-13-24-23(16-20)26-22(25(17-31)28-24)14-15-30(26)35(33,34)21-6-4-3-5-7-21/h3-13,16,22,25-26,28,31H,14-15,17H2,1-2H3/t22-,25-,26-/m0/s1. The number of rotatable bonds is 5. The van der Waals surface area contributed by atoms with Crippen LogP contribution in [0.15, 0.2) is 77.7 Å². The minimum atomic E-state index is -3.70. The number of hydrogen-bond acceptors (Lipinski definition) is 5. The largest absolute Gasteiger partial charge is 0.394 e. The highest BCUT2D eigenvalue weighted by Gasteiger charge is 2.48. The fourth-order valence-electron chi connectivity index (χ4n) is 5.26. The summed E-state index contributed by atoms with van der Waals surface area (Å²) in [6.07, 6.45) is 0.667. The van der Waals surface area contributed by atoms with E-state index in [0.29, 0.717) is 18.5 Å². The Bertz CT molecular complexity index is 1340. The molecule has 7 nitrogen and oxygen atoms in total. The SMILES string of the molecule is CN(C)C(=O)c1ccc(-c2ccc3c(c2)[C@@H]2[C@@H](CCN2S(=O)(=O)c2ccccc2)[C@H](CO)N3)cc1. The number of benzene rings is 3. The van der Waals surface area contributed by atoms with Gasteiger partial charge in [-0.25, -0.2) is 8.42 Å². The second-order valence-electron chi connectivity index (χ2n) is 9.34. The van der Waals surface area contributed by atoms with E-state index in [-0.39, 0.29) is 35.4 Å². The highest BCUT2D eigenvalue weighted by atomic mass is 32.2. The lowest BCUT2D eigenvalue weighted by atomic mass is 9.82. The number of aliphatic hydroxyl groups is 1. The van der Waals surface area contributed by atoms with E-state index in [9.17, 15) is 18.3 Å². The second kappa shape index (κ2) is 9.11. The summed E-state index contributed by atoms with van der Waals surface area (Å²) in [7, 11) is -0.259. The molecule has 182 valence electrons. The normalized spacial score (nSPS) is 21.6. The molecule has 0 saturated carbocycles. The molecular formula is C27H29N3O4S. The lowest BCUT2D eigenvalue weighted by Gasteiger charge is -2.39. The first kappa shape index (κ1) is 23.5. The zero-order valence-corrected chi connectivity index (χ0v) is 20.6. The number of anilines is 1. The third-order valence-electron chi connectivity index (χ3n) is 7.04. The van der Waals surface area contributed by atoms with Gasteiger partial charge in [-0.2, -0.15) is 4.31 Å². The summed E-state index contributed by atoms with van der Waals surface area (Å²) in [5, 5.41) is 13.5. The number of hydrogen-bond donors (Lipinski definition) is 2. The van der Waals surface area contributed by atoms with E-state index in [1.807, 2.05) is 42.5 Å². The molecule has 1 amide bonds. The second-order valence-corrected chi connectivity index (χ2v) is 11.2. The van der Waals surface area contributed by atoms with Gasteiger partial charge in [0.1, 0.15) is 0 Å². The number of carbonyl (C=O) groups excluding carboxylic acids is 1. The molecule has 1 saturated heterocycles. The highest BCUT2D eigenvalue weighted by molar-refractivity contribution is 7.89. The number of carbonyl (C=O) groups is 1. The van der Waals surface area contributed by atoms with E-state index in [1.54, 1.807) is 53.6 Å². The van der Waals surface area contributed by atoms with Crippen molar-refractivity contribution in [3.8, 4) is 11.1 Å². The molecule has 2 N–H and O–H groups in total. The van der Waals surface area contributed by atoms with Gasteiger partial charge in [0, 0.05) is 37.8 Å². The van der Waals surface area contributed by atoms with Crippen LogP contribution in [-0.4, -0.2) is 61.9 Å². The number of amides is 1. The van der Waals surface area contributed by atoms with Crippen LogP contribution < -0.4 is 5.32 Å². The van der Waals surface area contributed by atoms with Gasteiger partial charge in [-0.05, 0) is 59.5 Å². The lowest BCUT2D eigenvalue weighted by Crippen LogP contribution is -2.42. The zero-order valence-electron chi connectivity index (χ0n) is 19.8. The third kappa shape index (κ3) is 4.11. The van der Waals surface area contributed by atoms with Crippen LogP contribution in [-0.2, 0) is 10.0 Å². The Morgan fingerprint density at radius 1 is 1.03 bits per heavy atom. The number of sulfonamides is 1. The summed E-state index contributed by atoms with van der Waals surface area (Å²) in [5.41, 5.74) is 4.24. The first-order valence-electron chi connectivity index (χ1n) is 11.7. The summed E-state index contributed by atoms with van der Waals surface area (Å²) >= 11 is 0. The summed E-state index contributed by atoms with van der Waals surface area (Å²) in [6, 6.07) is 21.3. The molecule has 0 radical (unpaired) electrons. The van der Waals surface area contributed by atoms with Crippen molar-refractivity contribution in [1.82, 2.24) is 9.21 Å². The molecule has 3 aromatic carbocycles. The van der Waals surface area contributed by atoms with Crippen LogP contribution in [0, 0.1) is 5.92 Å². The minimum absolute atomic E-state index is 0.0404. The molecule has 1 fully saturated rings. The fourth-order valence-corrected chi connectivity index (χ4v) is 6.95. The molecule has 0 bridgehead atoms. The molecule has 2 aliphatic rings. The molecule has 3 atom stereocenters. The molecule has 2 aliphatic heterocycles. The maximum absolute atomic E-state index is 13.6. The van der Waals surface area contributed by atoms with Crippen molar-refractivity contribution in [1.29, 1.82) is 0 Å². The van der Waals surface area contributed by atoms with Gasteiger partial charge in [-0.1, -0.05) is 36.4 Å². The zero-order chi connectivity index (χ0) is 24.7. The van der Waals surface area contributed by atoms with E-state index < -0.39 is 10.0 Å². The first-order valence-corrected chi connectivity index (χ1v) is 13.2. The minimum Gasteiger partial charge on any atom is -0.394 e. The molecule has 3 aromatic rings. The molecule has 2 heterocycles. The fraction of sp³-hybridized carbons (Fsp3) is 0.296. The Labute approximate surface area is 206 Å². The van der Waals surface area contributed by atoms with Gasteiger partial charge >= 0.3 is 0 Å². The summed E-state index contributed by atoms with van der Waals surface area (Å²) < 4.78 is 28.8. The molecule has 0 unspecified atom stereocenters. The Balaban J connectivity index is 1.55. The van der Waals surface area contributed by atoms with Crippen LogP contribution >= 0.6 is 0 Å². The number of nitrogens with zero attached hydrogens (tertiary/aromatic N) is 2. The van der Waals surface area contributed by atoms with E-state index >= 15 is 0 Å². The van der Waals surface area contributed by atoms with Gasteiger partial charge in [0.2, 0.25) is 10.0 Å². The van der Waals surface area contributed by atoms with Crippen LogP contribution in [0.25, 0.3) is 11.1 Å².